The third kappa shape index (κ3) is 3.27. The van der Waals surface area contributed by atoms with E-state index in [-0.39, 0.29) is 17.3 Å². The molecule has 84 valence electrons. The number of hydrogen-bond donors (Lipinski definition) is 1. The Morgan fingerprint density at radius 1 is 1.40 bits per heavy atom. The number of pyridine rings is 1. The molecule has 1 aromatic rings. The van der Waals surface area contributed by atoms with E-state index in [0.717, 1.165) is 12.1 Å². The highest BCUT2D eigenvalue weighted by Gasteiger charge is 2.25. The average molecular weight is 210 g/mol. The molecule has 0 aliphatic rings. The van der Waals surface area contributed by atoms with E-state index in [2.05, 4.69) is 31.1 Å². The third-order valence-corrected chi connectivity index (χ3v) is 2.33. The molecule has 0 aromatic carbocycles. The smallest absolute Gasteiger partial charge is 0.141 e. The van der Waals surface area contributed by atoms with Crippen molar-refractivity contribution in [3.05, 3.63) is 29.8 Å². The highest BCUT2D eigenvalue weighted by atomic mass is 19.1. The molecule has 15 heavy (non-hydrogen) atoms. The van der Waals surface area contributed by atoms with Gasteiger partial charge in [-0.25, -0.2) is 4.39 Å². The zero-order valence-electron chi connectivity index (χ0n) is 9.84. The van der Waals surface area contributed by atoms with Crippen molar-refractivity contribution in [2.45, 2.75) is 33.7 Å². The van der Waals surface area contributed by atoms with Crippen LogP contribution >= 0.6 is 0 Å². The fraction of sp³-hybridized carbons (Fsp3) is 0.583. The number of rotatable bonds is 3. The summed E-state index contributed by atoms with van der Waals surface area (Å²) in [7, 11) is 0. The van der Waals surface area contributed by atoms with E-state index >= 15 is 0 Å². The Balaban J connectivity index is 2.99. The molecule has 0 aliphatic carbocycles. The zero-order valence-corrected chi connectivity index (χ0v) is 9.84. The fourth-order valence-corrected chi connectivity index (χ4v) is 1.71. The number of halogens is 1. The van der Waals surface area contributed by atoms with Crippen LogP contribution in [-0.4, -0.2) is 11.5 Å². The number of nitrogens with zero attached hydrogens (tertiary/aromatic N) is 1. The highest BCUT2D eigenvalue weighted by molar-refractivity contribution is 5.17. The van der Waals surface area contributed by atoms with Gasteiger partial charge in [0.1, 0.15) is 5.82 Å². The Morgan fingerprint density at radius 2 is 2.07 bits per heavy atom. The summed E-state index contributed by atoms with van der Waals surface area (Å²) in [5.41, 5.74) is 0.954. The molecule has 1 aromatic heterocycles. The van der Waals surface area contributed by atoms with E-state index in [9.17, 15) is 4.39 Å². The van der Waals surface area contributed by atoms with Crippen LogP contribution in [0.1, 0.15) is 39.3 Å². The second-order valence-electron chi connectivity index (χ2n) is 4.79. The molecule has 1 unspecified atom stereocenters. The maximum absolute atomic E-state index is 13.1. The summed E-state index contributed by atoms with van der Waals surface area (Å²) < 4.78 is 13.1. The first-order valence-corrected chi connectivity index (χ1v) is 5.29. The van der Waals surface area contributed by atoms with Gasteiger partial charge in [-0.1, -0.05) is 27.7 Å². The summed E-state index contributed by atoms with van der Waals surface area (Å²) in [6.07, 6.45) is 2.96. The van der Waals surface area contributed by atoms with Crippen molar-refractivity contribution in [1.29, 1.82) is 0 Å². The van der Waals surface area contributed by atoms with Gasteiger partial charge in [0.2, 0.25) is 0 Å². The number of nitrogens with one attached hydrogen (secondary N) is 1. The molecule has 0 aliphatic heterocycles. The summed E-state index contributed by atoms with van der Waals surface area (Å²) in [5, 5.41) is 3.36. The van der Waals surface area contributed by atoms with Crippen molar-refractivity contribution >= 4 is 0 Å². The Bertz CT molecular complexity index is 318. The molecule has 0 saturated heterocycles. The van der Waals surface area contributed by atoms with Crippen LogP contribution in [0.25, 0.3) is 0 Å². The van der Waals surface area contributed by atoms with Crippen LogP contribution in [0, 0.1) is 11.2 Å². The second kappa shape index (κ2) is 4.71. The lowest BCUT2D eigenvalue weighted by Gasteiger charge is -2.31. The molecule has 1 N–H and O–H groups in total. The second-order valence-corrected chi connectivity index (χ2v) is 4.79. The molecule has 2 nitrogen and oxygen atoms in total. The lowest BCUT2D eigenvalue weighted by atomic mass is 9.83. The normalized spacial score (nSPS) is 13.9. The predicted octanol–water partition coefficient (Wildman–Crippen LogP) is 2.92. The van der Waals surface area contributed by atoms with Crippen LogP contribution in [0.3, 0.4) is 0 Å². The minimum atomic E-state index is -0.278. The highest BCUT2D eigenvalue weighted by Crippen LogP contribution is 2.32. The van der Waals surface area contributed by atoms with Crippen LogP contribution in [0.5, 0.6) is 0 Å². The van der Waals surface area contributed by atoms with Gasteiger partial charge in [-0.15, -0.1) is 0 Å². The maximum atomic E-state index is 13.1. The molecule has 0 amide bonds. The van der Waals surface area contributed by atoms with Gasteiger partial charge in [0, 0.05) is 12.2 Å². The van der Waals surface area contributed by atoms with Crippen molar-refractivity contribution < 1.29 is 4.39 Å². The topological polar surface area (TPSA) is 24.9 Å². The lowest BCUT2D eigenvalue weighted by molar-refractivity contribution is 0.275. The number of hydrogen-bond acceptors (Lipinski definition) is 2. The molecule has 0 radical (unpaired) electrons. The van der Waals surface area contributed by atoms with E-state index < -0.39 is 0 Å². The first-order chi connectivity index (χ1) is 6.95. The molecule has 3 heteroatoms. The molecule has 1 atom stereocenters. The lowest BCUT2D eigenvalue weighted by Crippen LogP contribution is -2.32. The third-order valence-electron chi connectivity index (χ3n) is 2.33. The Hall–Kier alpha value is -0.960. The first kappa shape index (κ1) is 12.1. The van der Waals surface area contributed by atoms with Gasteiger partial charge in [0.15, 0.2) is 0 Å². The minimum Gasteiger partial charge on any atom is -0.310 e. The van der Waals surface area contributed by atoms with Gasteiger partial charge in [0.25, 0.3) is 0 Å². The maximum Gasteiger partial charge on any atom is 0.141 e. The molecule has 0 bridgehead atoms. The summed E-state index contributed by atoms with van der Waals surface area (Å²) in [6.45, 7) is 9.30. The van der Waals surface area contributed by atoms with Crippen molar-refractivity contribution in [2.24, 2.45) is 5.41 Å². The molecular weight excluding hydrogens is 191 g/mol. The van der Waals surface area contributed by atoms with E-state index in [1.165, 1.54) is 6.20 Å². The van der Waals surface area contributed by atoms with Crippen LogP contribution < -0.4 is 5.32 Å². The molecule has 0 spiro atoms. The van der Waals surface area contributed by atoms with E-state index in [4.69, 9.17) is 0 Å². The van der Waals surface area contributed by atoms with Gasteiger partial charge < -0.3 is 5.32 Å². The zero-order chi connectivity index (χ0) is 11.5. The standard InChI is InChI=1S/C12H19FN2/c1-5-15-11(12(2,3)4)9-6-10(13)8-14-7-9/h6-8,11,15H,5H2,1-4H3. The monoisotopic (exact) mass is 210 g/mol. The van der Waals surface area contributed by atoms with Crippen LogP contribution in [-0.2, 0) is 0 Å². The molecule has 1 heterocycles. The SMILES string of the molecule is CCNC(c1cncc(F)c1)C(C)(C)C. The largest absolute Gasteiger partial charge is 0.310 e. The van der Waals surface area contributed by atoms with Crippen LogP contribution in [0.4, 0.5) is 4.39 Å². The Morgan fingerprint density at radius 3 is 2.53 bits per heavy atom. The van der Waals surface area contributed by atoms with Gasteiger partial charge in [0.05, 0.1) is 6.20 Å². The first-order valence-electron chi connectivity index (χ1n) is 5.29. The Kier molecular flexibility index (Phi) is 3.80. The van der Waals surface area contributed by atoms with Crippen molar-refractivity contribution in [1.82, 2.24) is 10.3 Å². The van der Waals surface area contributed by atoms with Crippen LogP contribution in [0.2, 0.25) is 0 Å². The molecular formula is C12H19FN2. The summed E-state index contributed by atoms with van der Waals surface area (Å²) in [6, 6.07) is 1.68. The van der Waals surface area contributed by atoms with E-state index in [1.54, 1.807) is 12.3 Å². The quantitative estimate of drug-likeness (QED) is 0.829. The van der Waals surface area contributed by atoms with Crippen molar-refractivity contribution in [3.63, 3.8) is 0 Å². The molecule has 0 saturated carbocycles. The van der Waals surface area contributed by atoms with E-state index in [0.29, 0.717) is 0 Å². The van der Waals surface area contributed by atoms with Gasteiger partial charge in [-0.05, 0) is 23.6 Å². The summed E-state index contributed by atoms with van der Waals surface area (Å²) >= 11 is 0. The van der Waals surface area contributed by atoms with Crippen molar-refractivity contribution in [2.75, 3.05) is 6.54 Å². The van der Waals surface area contributed by atoms with Crippen molar-refractivity contribution in [3.8, 4) is 0 Å². The van der Waals surface area contributed by atoms with Crippen LogP contribution in [0.15, 0.2) is 18.5 Å². The van der Waals surface area contributed by atoms with Gasteiger partial charge in [-0.3, -0.25) is 4.98 Å². The molecule has 0 fully saturated rings. The summed E-state index contributed by atoms with van der Waals surface area (Å²) in [5.74, 6) is -0.278. The summed E-state index contributed by atoms with van der Waals surface area (Å²) in [4.78, 5) is 3.89. The minimum absolute atomic E-state index is 0.0471. The fourth-order valence-electron chi connectivity index (χ4n) is 1.71. The van der Waals surface area contributed by atoms with Gasteiger partial charge in [-0.2, -0.15) is 0 Å². The van der Waals surface area contributed by atoms with Gasteiger partial charge >= 0.3 is 0 Å². The van der Waals surface area contributed by atoms with E-state index in [1.807, 2.05) is 6.92 Å². The predicted molar refractivity (Wildman–Crippen MR) is 60.1 cm³/mol. The number of aromatic nitrogens is 1. The average Bonchev–Trinajstić information content (AvgIpc) is 2.12. The Labute approximate surface area is 90.9 Å². The molecule has 1 rings (SSSR count).